The molecule has 3 aromatic carbocycles. The van der Waals surface area contributed by atoms with Gasteiger partial charge in [0, 0.05) is 6.54 Å². The average molecular weight is 488 g/mol. The first-order chi connectivity index (χ1) is 17.3. The Morgan fingerprint density at radius 2 is 1.64 bits per heavy atom. The van der Waals surface area contributed by atoms with E-state index in [2.05, 4.69) is 0 Å². The number of amides is 1. The minimum absolute atomic E-state index is 0.00709. The number of carbonyl (C=O) groups excluding carboxylic acids is 2. The van der Waals surface area contributed by atoms with Gasteiger partial charge >= 0.3 is 0 Å². The van der Waals surface area contributed by atoms with E-state index in [1.54, 1.807) is 55.6 Å². The number of likely N-dealkylation sites (tertiary alicyclic amines) is 1. The lowest BCUT2D eigenvalue weighted by atomic mass is 9.94. The number of nitrogens with zero attached hydrogens (tertiary/aromatic N) is 1. The van der Waals surface area contributed by atoms with Crippen molar-refractivity contribution < 1.29 is 28.9 Å². The summed E-state index contributed by atoms with van der Waals surface area (Å²) in [6, 6.07) is 20.5. The summed E-state index contributed by atoms with van der Waals surface area (Å²) in [7, 11) is 3.03. The quantitative estimate of drug-likeness (QED) is 0.270. The van der Waals surface area contributed by atoms with Gasteiger partial charge in [-0.15, -0.1) is 0 Å². The summed E-state index contributed by atoms with van der Waals surface area (Å²) in [5.41, 5.74) is 1.75. The van der Waals surface area contributed by atoms with Crippen molar-refractivity contribution in [2.45, 2.75) is 32.5 Å². The average Bonchev–Trinajstić information content (AvgIpc) is 3.13. The van der Waals surface area contributed by atoms with Crippen LogP contribution in [0.4, 0.5) is 0 Å². The largest absolute Gasteiger partial charge is 0.507 e. The Labute approximate surface area is 210 Å². The van der Waals surface area contributed by atoms with E-state index in [1.165, 1.54) is 12.0 Å². The van der Waals surface area contributed by atoms with E-state index in [9.17, 15) is 14.7 Å². The fourth-order valence-electron chi connectivity index (χ4n) is 4.37. The number of hydrogen-bond acceptors (Lipinski definition) is 6. The molecule has 1 atom stereocenters. The zero-order chi connectivity index (χ0) is 25.8. The van der Waals surface area contributed by atoms with Crippen molar-refractivity contribution in [3.8, 4) is 17.2 Å². The number of carbonyl (C=O) groups is 2. The summed E-state index contributed by atoms with van der Waals surface area (Å²) in [5.74, 6) is -0.119. The maximum absolute atomic E-state index is 13.4. The fraction of sp³-hybridized carbons (Fsp3) is 0.241. The number of para-hydroxylation sites is 1. The second-order valence-electron chi connectivity index (χ2n) is 8.72. The standard InChI is InChI=1S/C29H29NO6/c1-18(2)36-22-12-7-9-19(15-22)17-30-26(20-10-8-11-21(16-20)34-3)25(28(32)29(30)33)27(31)23-13-5-6-14-24(23)35-4/h5-16,18,26,31H,17H2,1-4H3/b27-25-. The SMILES string of the molecule is COc1cccc(C2/C(=C(/O)c3ccccc3OC)C(=O)C(=O)N2Cc2cccc(OC(C)C)c2)c1. The number of aliphatic hydroxyl groups is 1. The molecule has 1 amide bonds. The number of rotatable bonds is 8. The summed E-state index contributed by atoms with van der Waals surface area (Å²) < 4.78 is 16.6. The number of benzene rings is 3. The Hall–Kier alpha value is -4.26. The van der Waals surface area contributed by atoms with Gasteiger partial charge in [0.05, 0.1) is 37.5 Å². The highest BCUT2D eigenvalue weighted by Crippen LogP contribution is 2.42. The topological polar surface area (TPSA) is 85.3 Å². The van der Waals surface area contributed by atoms with E-state index < -0.39 is 17.7 Å². The molecule has 1 fully saturated rings. The lowest BCUT2D eigenvalue weighted by molar-refractivity contribution is -0.140. The van der Waals surface area contributed by atoms with Gasteiger partial charge in [-0.1, -0.05) is 36.4 Å². The van der Waals surface area contributed by atoms with Gasteiger partial charge in [-0.05, 0) is 61.4 Å². The zero-order valence-corrected chi connectivity index (χ0v) is 20.7. The zero-order valence-electron chi connectivity index (χ0n) is 20.7. The molecule has 1 heterocycles. The van der Waals surface area contributed by atoms with Crippen LogP contribution in [0, 0.1) is 0 Å². The van der Waals surface area contributed by atoms with Crippen molar-refractivity contribution in [1.82, 2.24) is 4.90 Å². The predicted octanol–water partition coefficient (Wildman–Crippen LogP) is 5.11. The smallest absolute Gasteiger partial charge is 0.295 e. The van der Waals surface area contributed by atoms with Crippen molar-refractivity contribution in [2.24, 2.45) is 0 Å². The number of methoxy groups -OCH3 is 2. The highest BCUT2D eigenvalue weighted by atomic mass is 16.5. The molecule has 0 spiro atoms. The first kappa shape index (κ1) is 24.9. The molecule has 7 nitrogen and oxygen atoms in total. The maximum atomic E-state index is 13.4. The van der Waals surface area contributed by atoms with Crippen LogP contribution < -0.4 is 14.2 Å². The molecular weight excluding hydrogens is 458 g/mol. The third-order valence-corrected chi connectivity index (χ3v) is 5.93. The number of ketones is 1. The minimum Gasteiger partial charge on any atom is -0.507 e. The van der Waals surface area contributed by atoms with E-state index in [4.69, 9.17) is 14.2 Å². The molecule has 0 aliphatic carbocycles. The number of hydrogen-bond donors (Lipinski definition) is 1. The summed E-state index contributed by atoms with van der Waals surface area (Å²) in [6.45, 7) is 4.02. The molecule has 0 saturated carbocycles. The molecule has 1 saturated heterocycles. The van der Waals surface area contributed by atoms with Crippen LogP contribution in [0.5, 0.6) is 17.2 Å². The van der Waals surface area contributed by atoms with Crippen molar-refractivity contribution >= 4 is 17.4 Å². The Kier molecular flexibility index (Phi) is 7.29. The molecule has 4 rings (SSSR count). The lowest BCUT2D eigenvalue weighted by Crippen LogP contribution is -2.29. The third kappa shape index (κ3) is 4.91. The second-order valence-corrected chi connectivity index (χ2v) is 8.72. The maximum Gasteiger partial charge on any atom is 0.295 e. The molecule has 1 N–H and O–H groups in total. The van der Waals surface area contributed by atoms with Gasteiger partial charge < -0.3 is 24.2 Å². The Morgan fingerprint density at radius 3 is 2.36 bits per heavy atom. The molecule has 0 radical (unpaired) electrons. The number of Topliss-reactive ketones (excluding diaryl/α,β-unsaturated/α-hetero) is 1. The Bertz CT molecular complexity index is 1310. The molecule has 3 aromatic rings. The van der Waals surface area contributed by atoms with Crippen LogP contribution in [0.3, 0.4) is 0 Å². The first-order valence-corrected chi connectivity index (χ1v) is 11.7. The Balaban J connectivity index is 1.85. The van der Waals surface area contributed by atoms with Gasteiger partial charge in [0.25, 0.3) is 11.7 Å². The third-order valence-electron chi connectivity index (χ3n) is 5.93. The van der Waals surface area contributed by atoms with Gasteiger partial charge in [-0.2, -0.15) is 0 Å². The molecule has 1 unspecified atom stereocenters. The number of ether oxygens (including phenoxy) is 3. The summed E-state index contributed by atoms with van der Waals surface area (Å²) >= 11 is 0. The van der Waals surface area contributed by atoms with Gasteiger partial charge in [0.2, 0.25) is 0 Å². The Morgan fingerprint density at radius 1 is 0.917 bits per heavy atom. The lowest BCUT2D eigenvalue weighted by Gasteiger charge is -2.26. The van der Waals surface area contributed by atoms with Gasteiger partial charge in [-0.25, -0.2) is 0 Å². The molecule has 7 heteroatoms. The molecule has 1 aliphatic rings. The molecule has 1 aliphatic heterocycles. The van der Waals surface area contributed by atoms with Crippen molar-refractivity contribution in [1.29, 1.82) is 0 Å². The van der Waals surface area contributed by atoms with Gasteiger partial charge in [0.15, 0.2) is 0 Å². The van der Waals surface area contributed by atoms with E-state index >= 15 is 0 Å². The van der Waals surface area contributed by atoms with Crippen LogP contribution in [0.15, 0.2) is 78.4 Å². The molecule has 0 aromatic heterocycles. The minimum atomic E-state index is -0.834. The van der Waals surface area contributed by atoms with E-state index in [0.717, 1.165) is 5.56 Å². The van der Waals surface area contributed by atoms with Crippen LogP contribution in [-0.4, -0.2) is 42.0 Å². The van der Waals surface area contributed by atoms with E-state index in [-0.39, 0.29) is 24.0 Å². The van der Waals surface area contributed by atoms with Crippen LogP contribution in [0.25, 0.3) is 5.76 Å². The first-order valence-electron chi connectivity index (χ1n) is 11.7. The van der Waals surface area contributed by atoms with Crippen LogP contribution in [0.2, 0.25) is 0 Å². The van der Waals surface area contributed by atoms with Gasteiger partial charge in [0.1, 0.15) is 23.0 Å². The summed E-state index contributed by atoms with van der Waals surface area (Å²) in [5, 5.41) is 11.4. The highest BCUT2D eigenvalue weighted by Gasteiger charge is 2.46. The summed E-state index contributed by atoms with van der Waals surface area (Å²) in [6.07, 6.45) is -0.00730. The van der Waals surface area contributed by atoms with E-state index in [1.807, 2.05) is 38.1 Å². The van der Waals surface area contributed by atoms with Crippen LogP contribution in [-0.2, 0) is 16.1 Å². The van der Waals surface area contributed by atoms with E-state index in [0.29, 0.717) is 28.4 Å². The molecule has 186 valence electrons. The summed E-state index contributed by atoms with van der Waals surface area (Å²) in [4.78, 5) is 28.2. The van der Waals surface area contributed by atoms with Crippen molar-refractivity contribution in [3.05, 3.63) is 95.1 Å². The number of aliphatic hydroxyl groups excluding tert-OH is 1. The highest BCUT2D eigenvalue weighted by molar-refractivity contribution is 6.46. The van der Waals surface area contributed by atoms with Gasteiger partial charge in [-0.3, -0.25) is 9.59 Å². The molecular formula is C29H29NO6. The molecule has 0 bridgehead atoms. The van der Waals surface area contributed by atoms with Crippen LogP contribution in [0.1, 0.15) is 36.6 Å². The molecule has 36 heavy (non-hydrogen) atoms. The second kappa shape index (κ2) is 10.6. The van der Waals surface area contributed by atoms with Crippen LogP contribution >= 0.6 is 0 Å². The fourth-order valence-corrected chi connectivity index (χ4v) is 4.37. The van der Waals surface area contributed by atoms with Crippen molar-refractivity contribution in [3.63, 3.8) is 0 Å². The van der Waals surface area contributed by atoms with Crippen molar-refractivity contribution in [2.75, 3.05) is 14.2 Å². The monoisotopic (exact) mass is 487 g/mol. The predicted molar refractivity (Wildman–Crippen MR) is 136 cm³/mol. The normalized spacial score (nSPS) is 16.9.